The fraction of sp³-hybridized carbons (Fsp3) is 0.625. The van der Waals surface area contributed by atoms with Gasteiger partial charge >= 0.3 is 0 Å². The Morgan fingerprint density at radius 1 is 1.19 bits per heavy atom. The van der Waals surface area contributed by atoms with Crippen LogP contribution in [0, 0.1) is 5.92 Å². The summed E-state index contributed by atoms with van der Waals surface area (Å²) in [7, 11) is 0. The van der Waals surface area contributed by atoms with E-state index in [2.05, 4.69) is 27.4 Å². The van der Waals surface area contributed by atoms with Crippen molar-refractivity contribution in [3.8, 4) is 11.5 Å². The number of Topliss-reactive ketones (excluding diaryl/α,β-unsaturated/α-hetero) is 1. The highest BCUT2D eigenvalue weighted by Crippen LogP contribution is 2.48. The summed E-state index contributed by atoms with van der Waals surface area (Å²) in [5, 5.41) is 21.6. The highest BCUT2D eigenvalue weighted by molar-refractivity contribution is 5.81. The lowest BCUT2D eigenvalue weighted by Gasteiger charge is -2.33. The van der Waals surface area contributed by atoms with Crippen molar-refractivity contribution in [3.63, 3.8) is 0 Å². The van der Waals surface area contributed by atoms with Gasteiger partial charge in [0.1, 0.15) is 17.3 Å². The first kappa shape index (κ1) is 21.5. The van der Waals surface area contributed by atoms with Crippen molar-refractivity contribution in [1.82, 2.24) is 0 Å². The van der Waals surface area contributed by atoms with Crippen LogP contribution in [0.1, 0.15) is 96.1 Å². The molecule has 0 amide bonds. The first-order valence-corrected chi connectivity index (χ1v) is 10.4. The SMILES string of the molecule is C=C(C)C1CCC(=O)CC1c1c(O)cc(C(C)(C)CCCCCC)cc1O. The standard InChI is InChI=1S/C24H36O3/c1-6-7-8-9-12-24(4,5)17-13-21(26)23(22(27)14-17)20-15-18(25)10-11-19(20)16(2)3/h13-14,19-20,26-27H,2,6-12,15H2,1,3-5H3. The normalized spacial score (nSPS) is 20.7. The Hall–Kier alpha value is -1.77. The predicted molar refractivity (Wildman–Crippen MR) is 111 cm³/mol. The Morgan fingerprint density at radius 2 is 1.81 bits per heavy atom. The summed E-state index contributed by atoms with van der Waals surface area (Å²) in [4.78, 5) is 12.0. The summed E-state index contributed by atoms with van der Waals surface area (Å²) in [6, 6.07) is 3.59. The van der Waals surface area contributed by atoms with Gasteiger partial charge in [-0.15, -0.1) is 0 Å². The summed E-state index contributed by atoms with van der Waals surface area (Å²) >= 11 is 0. The summed E-state index contributed by atoms with van der Waals surface area (Å²) < 4.78 is 0. The maximum atomic E-state index is 12.0. The molecule has 0 aliphatic heterocycles. The van der Waals surface area contributed by atoms with E-state index in [1.165, 1.54) is 19.3 Å². The van der Waals surface area contributed by atoms with Crippen molar-refractivity contribution in [2.75, 3.05) is 0 Å². The van der Waals surface area contributed by atoms with E-state index in [-0.39, 0.29) is 34.5 Å². The van der Waals surface area contributed by atoms with Crippen LogP contribution in [0.3, 0.4) is 0 Å². The maximum Gasteiger partial charge on any atom is 0.133 e. The number of phenolic OH excluding ortho intramolecular Hbond substituents is 2. The summed E-state index contributed by atoms with van der Waals surface area (Å²) in [5.74, 6) is 0.338. The number of hydrogen-bond acceptors (Lipinski definition) is 3. The first-order valence-electron chi connectivity index (χ1n) is 10.4. The van der Waals surface area contributed by atoms with Crippen molar-refractivity contribution in [3.05, 3.63) is 35.4 Å². The predicted octanol–water partition coefficient (Wildman–Crippen LogP) is 6.37. The molecule has 0 saturated heterocycles. The molecule has 1 aliphatic rings. The van der Waals surface area contributed by atoms with Gasteiger partial charge in [0.2, 0.25) is 0 Å². The van der Waals surface area contributed by atoms with Gasteiger partial charge in [0, 0.05) is 24.3 Å². The lowest BCUT2D eigenvalue weighted by molar-refractivity contribution is -0.121. The molecule has 1 aromatic rings. The van der Waals surface area contributed by atoms with Gasteiger partial charge in [-0.3, -0.25) is 4.79 Å². The van der Waals surface area contributed by atoms with Gasteiger partial charge in [0.05, 0.1) is 0 Å². The number of hydrogen-bond donors (Lipinski definition) is 2. The minimum Gasteiger partial charge on any atom is -0.508 e. The van der Waals surface area contributed by atoms with E-state index in [1.807, 2.05) is 6.92 Å². The van der Waals surface area contributed by atoms with Gasteiger partial charge in [-0.25, -0.2) is 0 Å². The van der Waals surface area contributed by atoms with Crippen LogP contribution in [0.15, 0.2) is 24.3 Å². The van der Waals surface area contributed by atoms with Crippen LogP contribution in [-0.2, 0) is 10.2 Å². The van der Waals surface area contributed by atoms with Gasteiger partial charge < -0.3 is 10.2 Å². The average Bonchev–Trinajstić information content (AvgIpc) is 2.58. The molecule has 3 heteroatoms. The first-order chi connectivity index (χ1) is 12.7. The number of phenols is 2. The quantitative estimate of drug-likeness (QED) is 0.411. The number of ketones is 1. The Labute approximate surface area is 164 Å². The molecule has 1 aromatic carbocycles. The molecule has 0 radical (unpaired) electrons. The molecular formula is C24H36O3. The minimum absolute atomic E-state index is 0.109. The van der Waals surface area contributed by atoms with Crippen LogP contribution in [0.25, 0.3) is 0 Å². The molecule has 1 saturated carbocycles. The molecule has 1 fully saturated rings. The van der Waals surface area contributed by atoms with Crippen LogP contribution in [0.4, 0.5) is 0 Å². The second-order valence-electron chi connectivity index (χ2n) is 8.96. The molecule has 27 heavy (non-hydrogen) atoms. The van der Waals surface area contributed by atoms with E-state index >= 15 is 0 Å². The van der Waals surface area contributed by atoms with E-state index in [0.29, 0.717) is 18.4 Å². The third kappa shape index (κ3) is 5.15. The number of rotatable bonds is 8. The second kappa shape index (κ2) is 8.95. The van der Waals surface area contributed by atoms with E-state index in [4.69, 9.17) is 0 Å². The number of carbonyl (C=O) groups excluding carboxylic acids is 1. The molecule has 150 valence electrons. The third-order valence-corrected chi connectivity index (χ3v) is 6.24. The van der Waals surface area contributed by atoms with Crippen molar-refractivity contribution in [2.45, 2.75) is 90.4 Å². The van der Waals surface area contributed by atoms with Crippen LogP contribution in [-0.4, -0.2) is 16.0 Å². The summed E-state index contributed by atoms with van der Waals surface area (Å²) in [6.45, 7) is 12.6. The number of unbranched alkanes of at least 4 members (excludes halogenated alkanes) is 3. The third-order valence-electron chi connectivity index (χ3n) is 6.24. The molecule has 0 bridgehead atoms. The van der Waals surface area contributed by atoms with E-state index in [9.17, 15) is 15.0 Å². The molecule has 0 aromatic heterocycles. The largest absolute Gasteiger partial charge is 0.508 e. The Balaban J connectivity index is 2.30. The zero-order valence-electron chi connectivity index (χ0n) is 17.5. The molecular weight excluding hydrogens is 336 g/mol. The molecule has 1 aliphatic carbocycles. The van der Waals surface area contributed by atoms with Gasteiger partial charge in [-0.05, 0) is 48.8 Å². The van der Waals surface area contributed by atoms with Crippen LogP contribution in [0.2, 0.25) is 0 Å². The Bertz CT molecular complexity index is 664. The van der Waals surface area contributed by atoms with Crippen LogP contribution >= 0.6 is 0 Å². The number of allylic oxidation sites excluding steroid dienone is 1. The van der Waals surface area contributed by atoms with Gasteiger partial charge in [-0.2, -0.15) is 0 Å². The molecule has 2 atom stereocenters. The number of benzene rings is 1. The molecule has 2 rings (SSSR count). The van der Waals surface area contributed by atoms with E-state index in [1.54, 1.807) is 12.1 Å². The van der Waals surface area contributed by atoms with E-state index in [0.717, 1.165) is 30.4 Å². The molecule has 0 heterocycles. The van der Waals surface area contributed by atoms with Gasteiger partial charge in [-0.1, -0.05) is 58.6 Å². The lowest BCUT2D eigenvalue weighted by atomic mass is 9.71. The highest BCUT2D eigenvalue weighted by atomic mass is 16.3. The van der Waals surface area contributed by atoms with Gasteiger partial charge in [0.25, 0.3) is 0 Å². The van der Waals surface area contributed by atoms with Crippen molar-refractivity contribution in [2.24, 2.45) is 5.92 Å². The van der Waals surface area contributed by atoms with Gasteiger partial charge in [0.15, 0.2) is 0 Å². The molecule has 2 unspecified atom stereocenters. The van der Waals surface area contributed by atoms with Crippen molar-refractivity contribution < 1.29 is 15.0 Å². The number of aromatic hydroxyl groups is 2. The van der Waals surface area contributed by atoms with Crippen molar-refractivity contribution in [1.29, 1.82) is 0 Å². The van der Waals surface area contributed by atoms with Crippen molar-refractivity contribution >= 4 is 5.78 Å². The van der Waals surface area contributed by atoms with Crippen LogP contribution in [0.5, 0.6) is 11.5 Å². The smallest absolute Gasteiger partial charge is 0.133 e. The minimum atomic E-state index is -0.189. The number of carbonyl (C=O) groups is 1. The molecule has 2 N–H and O–H groups in total. The fourth-order valence-electron chi connectivity index (χ4n) is 4.43. The zero-order valence-corrected chi connectivity index (χ0v) is 17.5. The lowest BCUT2D eigenvalue weighted by Crippen LogP contribution is -2.24. The Morgan fingerprint density at radius 3 is 2.37 bits per heavy atom. The summed E-state index contributed by atoms with van der Waals surface area (Å²) in [5.41, 5.74) is 2.36. The topological polar surface area (TPSA) is 57.5 Å². The molecule has 0 spiro atoms. The fourth-order valence-corrected chi connectivity index (χ4v) is 4.43. The highest BCUT2D eigenvalue weighted by Gasteiger charge is 2.35. The zero-order chi connectivity index (χ0) is 20.2. The van der Waals surface area contributed by atoms with E-state index < -0.39 is 0 Å². The monoisotopic (exact) mass is 372 g/mol. The average molecular weight is 373 g/mol. The Kier molecular flexibility index (Phi) is 7.13. The second-order valence-corrected chi connectivity index (χ2v) is 8.96. The van der Waals surface area contributed by atoms with Crippen LogP contribution < -0.4 is 0 Å². The summed E-state index contributed by atoms with van der Waals surface area (Å²) in [6.07, 6.45) is 7.46. The maximum absolute atomic E-state index is 12.0. The molecule has 3 nitrogen and oxygen atoms in total.